The third-order valence-corrected chi connectivity index (χ3v) is 2.70. The number of β-amino-alcohol motifs (C(OH)–C–C–N with tert-alkyl or cyclic N) is 1. The second-order valence-corrected chi connectivity index (χ2v) is 3.90. The largest absolute Gasteiger partial charge is 0.389 e. The van der Waals surface area contributed by atoms with Crippen molar-refractivity contribution in [3.63, 3.8) is 0 Å². The van der Waals surface area contributed by atoms with E-state index >= 15 is 0 Å². The standard InChI is InChI=1S/C12H17NO2/c14-11-8-13-7-6-12(11)15-9-10-4-2-1-3-5-10/h1-5,11-14H,6-9H2/t11-,12-/m1/s1. The molecule has 2 N–H and O–H groups in total. The summed E-state index contributed by atoms with van der Waals surface area (Å²) in [5.74, 6) is 0. The highest BCUT2D eigenvalue weighted by Gasteiger charge is 2.22. The van der Waals surface area contributed by atoms with Gasteiger partial charge < -0.3 is 15.2 Å². The topological polar surface area (TPSA) is 41.5 Å². The molecular weight excluding hydrogens is 190 g/mol. The van der Waals surface area contributed by atoms with Crippen LogP contribution in [0.4, 0.5) is 0 Å². The first-order valence-electron chi connectivity index (χ1n) is 5.40. The summed E-state index contributed by atoms with van der Waals surface area (Å²) < 4.78 is 5.69. The van der Waals surface area contributed by atoms with Gasteiger partial charge in [-0.1, -0.05) is 30.3 Å². The Morgan fingerprint density at radius 1 is 1.33 bits per heavy atom. The summed E-state index contributed by atoms with van der Waals surface area (Å²) in [7, 11) is 0. The number of nitrogens with one attached hydrogen (secondary N) is 1. The van der Waals surface area contributed by atoms with Gasteiger partial charge in [-0.3, -0.25) is 0 Å². The van der Waals surface area contributed by atoms with Gasteiger partial charge in [-0.25, -0.2) is 0 Å². The van der Waals surface area contributed by atoms with Crippen molar-refractivity contribution in [2.24, 2.45) is 0 Å². The first-order chi connectivity index (χ1) is 7.36. The molecule has 1 fully saturated rings. The molecule has 2 atom stereocenters. The van der Waals surface area contributed by atoms with E-state index in [0.717, 1.165) is 18.5 Å². The van der Waals surface area contributed by atoms with Gasteiger partial charge in [0.25, 0.3) is 0 Å². The van der Waals surface area contributed by atoms with E-state index in [1.54, 1.807) is 0 Å². The van der Waals surface area contributed by atoms with Crippen molar-refractivity contribution in [3.8, 4) is 0 Å². The minimum Gasteiger partial charge on any atom is -0.389 e. The molecule has 82 valence electrons. The number of benzene rings is 1. The van der Waals surface area contributed by atoms with Gasteiger partial charge in [0.05, 0.1) is 18.8 Å². The molecule has 1 aliphatic heterocycles. The second-order valence-electron chi connectivity index (χ2n) is 3.90. The number of hydrogen-bond donors (Lipinski definition) is 2. The Morgan fingerprint density at radius 3 is 2.87 bits per heavy atom. The molecule has 1 aliphatic rings. The molecule has 0 spiro atoms. The predicted molar refractivity (Wildman–Crippen MR) is 58.5 cm³/mol. The predicted octanol–water partition coefficient (Wildman–Crippen LogP) is 0.926. The Morgan fingerprint density at radius 2 is 2.13 bits per heavy atom. The zero-order chi connectivity index (χ0) is 10.5. The lowest BCUT2D eigenvalue weighted by Gasteiger charge is -2.28. The molecule has 0 aromatic heterocycles. The fourth-order valence-corrected chi connectivity index (χ4v) is 1.79. The lowest BCUT2D eigenvalue weighted by atomic mass is 10.1. The number of aliphatic hydroxyl groups excluding tert-OH is 1. The lowest BCUT2D eigenvalue weighted by molar-refractivity contribution is -0.0594. The van der Waals surface area contributed by atoms with Gasteiger partial charge in [0.2, 0.25) is 0 Å². The molecule has 0 radical (unpaired) electrons. The Hall–Kier alpha value is -0.900. The molecule has 1 aromatic carbocycles. The number of rotatable bonds is 3. The average molecular weight is 207 g/mol. The first kappa shape index (κ1) is 10.6. The zero-order valence-electron chi connectivity index (χ0n) is 8.73. The monoisotopic (exact) mass is 207 g/mol. The van der Waals surface area contributed by atoms with Crippen molar-refractivity contribution < 1.29 is 9.84 Å². The molecule has 1 aromatic rings. The summed E-state index contributed by atoms with van der Waals surface area (Å²) >= 11 is 0. The maximum Gasteiger partial charge on any atom is 0.0926 e. The van der Waals surface area contributed by atoms with E-state index in [1.807, 2.05) is 30.3 Å². The van der Waals surface area contributed by atoms with Crippen LogP contribution < -0.4 is 5.32 Å². The van der Waals surface area contributed by atoms with Gasteiger partial charge in [0.1, 0.15) is 0 Å². The maximum absolute atomic E-state index is 9.66. The molecule has 0 unspecified atom stereocenters. The lowest BCUT2D eigenvalue weighted by Crippen LogP contribution is -2.45. The third kappa shape index (κ3) is 3.02. The van der Waals surface area contributed by atoms with E-state index in [9.17, 15) is 5.11 Å². The van der Waals surface area contributed by atoms with E-state index < -0.39 is 0 Å². The minimum atomic E-state index is -0.373. The van der Waals surface area contributed by atoms with Crippen LogP contribution >= 0.6 is 0 Å². The van der Waals surface area contributed by atoms with Crippen LogP contribution in [0.1, 0.15) is 12.0 Å². The molecule has 0 saturated carbocycles. The smallest absolute Gasteiger partial charge is 0.0926 e. The van der Waals surface area contributed by atoms with Gasteiger partial charge in [0.15, 0.2) is 0 Å². The van der Waals surface area contributed by atoms with Crippen LogP contribution in [0.25, 0.3) is 0 Å². The summed E-state index contributed by atoms with van der Waals surface area (Å²) in [6.45, 7) is 2.15. The minimum absolute atomic E-state index is 0.0218. The molecule has 0 aliphatic carbocycles. The number of piperidine rings is 1. The van der Waals surface area contributed by atoms with Crippen LogP contribution in [0, 0.1) is 0 Å². The van der Waals surface area contributed by atoms with Crippen LogP contribution in [0.15, 0.2) is 30.3 Å². The van der Waals surface area contributed by atoms with Crippen LogP contribution in [-0.2, 0) is 11.3 Å². The fraction of sp³-hybridized carbons (Fsp3) is 0.500. The van der Waals surface area contributed by atoms with Crippen molar-refractivity contribution in [2.75, 3.05) is 13.1 Å². The molecule has 0 bridgehead atoms. The van der Waals surface area contributed by atoms with E-state index in [-0.39, 0.29) is 12.2 Å². The third-order valence-electron chi connectivity index (χ3n) is 2.70. The van der Waals surface area contributed by atoms with Crippen LogP contribution in [0.3, 0.4) is 0 Å². The molecule has 1 heterocycles. The SMILES string of the molecule is O[C@@H]1CNCC[C@H]1OCc1ccccc1. The van der Waals surface area contributed by atoms with Gasteiger partial charge in [-0.05, 0) is 18.5 Å². The van der Waals surface area contributed by atoms with Crippen molar-refractivity contribution in [1.29, 1.82) is 0 Å². The highest BCUT2D eigenvalue weighted by atomic mass is 16.5. The molecule has 15 heavy (non-hydrogen) atoms. The average Bonchev–Trinajstić information content (AvgIpc) is 2.29. The van der Waals surface area contributed by atoms with E-state index in [2.05, 4.69) is 5.32 Å². The molecule has 3 heteroatoms. The van der Waals surface area contributed by atoms with Crippen molar-refractivity contribution in [1.82, 2.24) is 5.32 Å². The summed E-state index contributed by atoms with van der Waals surface area (Å²) in [6, 6.07) is 10.1. The van der Waals surface area contributed by atoms with Gasteiger partial charge in [-0.2, -0.15) is 0 Å². The van der Waals surface area contributed by atoms with Gasteiger partial charge >= 0.3 is 0 Å². The van der Waals surface area contributed by atoms with Gasteiger partial charge in [0, 0.05) is 6.54 Å². The Bertz CT molecular complexity index is 289. The van der Waals surface area contributed by atoms with Crippen molar-refractivity contribution >= 4 is 0 Å². The molecule has 1 saturated heterocycles. The van der Waals surface area contributed by atoms with Crippen molar-refractivity contribution in [3.05, 3.63) is 35.9 Å². The summed E-state index contributed by atoms with van der Waals surface area (Å²) in [6.07, 6.45) is 0.488. The Labute approximate surface area is 90.1 Å². The van der Waals surface area contributed by atoms with E-state index in [1.165, 1.54) is 0 Å². The van der Waals surface area contributed by atoms with Crippen molar-refractivity contribution in [2.45, 2.75) is 25.2 Å². The second kappa shape index (κ2) is 5.26. The Kier molecular flexibility index (Phi) is 3.72. The first-order valence-corrected chi connectivity index (χ1v) is 5.40. The number of ether oxygens (including phenoxy) is 1. The number of hydrogen-bond acceptors (Lipinski definition) is 3. The summed E-state index contributed by atoms with van der Waals surface area (Å²) in [5, 5.41) is 12.8. The molecule has 2 rings (SSSR count). The highest BCUT2D eigenvalue weighted by Crippen LogP contribution is 2.11. The normalized spacial score (nSPS) is 26.5. The maximum atomic E-state index is 9.66. The molecule has 0 amide bonds. The zero-order valence-corrected chi connectivity index (χ0v) is 8.73. The van der Waals surface area contributed by atoms with E-state index in [0.29, 0.717) is 13.2 Å². The van der Waals surface area contributed by atoms with Crippen LogP contribution in [0.5, 0.6) is 0 Å². The molecular formula is C12H17NO2. The molecule has 3 nitrogen and oxygen atoms in total. The summed E-state index contributed by atoms with van der Waals surface area (Å²) in [5.41, 5.74) is 1.16. The fourth-order valence-electron chi connectivity index (χ4n) is 1.79. The Balaban J connectivity index is 1.82. The highest BCUT2D eigenvalue weighted by molar-refractivity contribution is 5.13. The quantitative estimate of drug-likeness (QED) is 0.774. The van der Waals surface area contributed by atoms with Crippen LogP contribution in [-0.4, -0.2) is 30.4 Å². The van der Waals surface area contributed by atoms with E-state index in [4.69, 9.17) is 4.74 Å². The number of aliphatic hydroxyl groups is 1. The van der Waals surface area contributed by atoms with Gasteiger partial charge in [-0.15, -0.1) is 0 Å². The summed E-state index contributed by atoms with van der Waals surface area (Å²) in [4.78, 5) is 0. The van der Waals surface area contributed by atoms with Crippen LogP contribution in [0.2, 0.25) is 0 Å².